The fraction of sp³-hybridized carbons (Fsp3) is 0.235. The van der Waals surface area contributed by atoms with Crippen LogP contribution < -0.4 is 10.2 Å². The van der Waals surface area contributed by atoms with E-state index in [1.54, 1.807) is 18.2 Å². The van der Waals surface area contributed by atoms with Gasteiger partial charge >= 0.3 is 0 Å². The lowest BCUT2D eigenvalue weighted by Gasteiger charge is -2.13. The molecule has 2 rings (SSSR count). The Morgan fingerprint density at radius 3 is 2.41 bits per heavy atom. The van der Waals surface area contributed by atoms with Crippen molar-refractivity contribution in [1.82, 2.24) is 5.32 Å². The molecule has 116 valence electrons. The van der Waals surface area contributed by atoms with E-state index in [1.165, 1.54) is 5.56 Å². The summed E-state index contributed by atoms with van der Waals surface area (Å²) in [6.45, 7) is 0.545. The molecule has 0 spiro atoms. The summed E-state index contributed by atoms with van der Waals surface area (Å²) in [5.41, 5.74) is 2.72. The zero-order valence-electron chi connectivity index (χ0n) is 12.6. The van der Waals surface area contributed by atoms with Crippen LogP contribution >= 0.6 is 23.2 Å². The number of amides is 1. The first-order valence-electron chi connectivity index (χ1n) is 6.97. The summed E-state index contributed by atoms with van der Waals surface area (Å²) in [5, 5.41) is 3.75. The van der Waals surface area contributed by atoms with Crippen molar-refractivity contribution in [3.8, 4) is 0 Å². The minimum atomic E-state index is -0.211. The highest BCUT2D eigenvalue weighted by Crippen LogP contribution is 2.20. The largest absolute Gasteiger partial charge is 0.378 e. The number of halogens is 2. The van der Waals surface area contributed by atoms with E-state index in [1.807, 2.05) is 19.0 Å². The number of rotatable bonds is 5. The maximum absolute atomic E-state index is 12.1. The molecule has 1 amide bonds. The molecule has 0 atom stereocenters. The number of anilines is 1. The van der Waals surface area contributed by atoms with Gasteiger partial charge in [-0.25, -0.2) is 0 Å². The average molecular weight is 337 g/mol. The van der Waals surface area contributed by atoms with Crippen LogP contribution in [0.25, 0.3) is 0 Å². The van der Waals surface area contributed by atoms with Gasteiger partial charge in [0.05, 0.1) is 10.6 Å². The molecule has 0 aliphatic heterocycles. The third kappa shape index (κ3) is 4.39. The normalized spacial score (nSPS) is 10.4. The molecule has 0 fully saturated rings. The Morgan fingerprint density at radius 1 is 1.09 bits per heavy atom. The number of benzene rings is 2. The van der Waals surface area contributed by atoms with Crippen LogP contribution in [0.2, 0.25) is 10.0 Å². The molecule has 0 saturated heterocycles. The van der Waals surface area contributed by atoms with Crippen LogP contribution in [0.15, 0.2) is 42.5 Å². The van der Waals surface area contributed by atoms with Crippen LogP contribution in [-0.2, 0) is 6.42 Å². The third-order valence-electron chi connectivity index (χ3n) is 3.33. The van der Waals surface area contributed by atoms with Crippen molar-refractivity contribution >= 4 is 34.8 Å². The molecule has 3 nitrogen and oxygen atoms in total. The van der Waals surface area contributed by atoms with Gasteiger partial charge in [-0.05, 0) is 42.3 Å². The van der Waals surface area contributed by atoms with Crippen molar-refractivity contribution < 1.29 is 4.79 Å². The molecule has 0 aromatic heterocycles. The minimum Gasteiger partial charge on any atom is -0.378 e. The molecule has 0 heterocycles. The monoisotopic (exact) mass is 336 g/mol. The van der Waals surface area contributed by atoms with Crippen molar-refractivity contribution in [2.45, 2.75) is 6.42 Å². The first-order valence-corrected chi connectivity index (χ1v) is 7.72. The van der Waals surface area contributed by atoms with Crippen molar-refractivity contribution in [1.29, 1.82) is 0 Å². The van der Waals surface area contributed by atoms with Gasteiger partial charge in [0.25, 0.3) is 5.91 Å². The van der Waals surface area contributed by atoms with E-state index >= 15 is 0 Å². The van der Waals surface area contributed by atoms with Gasteiger partial charge in [0, 0.05) is 31.4 Å². The number of carbonyl (C=O) groups is 1. The Labute approximate surface area is 140 Å². The van der Waals surface area contributed by atoms with Crippen LogP contribution in [0.3, 0.4) is 0 Å². The maximum atomic E-state index is 12.1. The molecular formula is C17H18Cl2N2O. The fourth-order valence-electron chi connectivity index (χ4n) is 2.05. The zero-order valence-corrected chi connectivity index (χ0v) is 14.1. The highest BCUT2D eigenvalue weighted by atomic mass is 35.5. The quantitative estimate of drug-likeness (QED) is 0.893. The number of nitrogens with one attached hydrogen (secondary N) is 1. The Morgan fingerprint density at radius 2 is 1.77 bits per heavy atom. The summed E-state index contributed by atoms with van der Waals surface area (Å²) in [6.07, 6.45) is 0.762. The zero-order chi connectivity index (χ0) is 16.1. The maximum Gasteiger partial charge on any atom is 0.252 e. The van der Waals surface area contributed by atoms with Gasteiger partial charge in [0.1, 0.15) is 0 Å². The van der Waals surface area contributed by atoms with Crippen LogP contribution in [0, 0.1) is 0 Å². The van der Waals surface area contributed by atoms with Crippen LogP contribution in [0.4, 0.5) is 5.69 Å². The third-order valence-corrected chi connectivity index (χ3v) is 3.89. The van der Waals surface area contributed by atoms with Gasteiger partial charge in [-0.3, -0.25) is 4.79 Å². The predicted molar refractivity (Wildman–Crippen MR) is 93.3 cm³/mol. The first kappa shape index (κ1) is 16.7. The molecule has 0 aliphatic carbocycles. The molecular weight excluding hydrogens is 319 g/mol. The van der Waals surface area contributed by atoms with Crippen LogP contribution in [0.5, 0.6) is 0 Å². The fourth-order valence-corrected chi connectivity index (χ4v) is 2.42. The van der Waals surface area contributed by atoms with E-state index in [9.17, 15) is 4.79 Å². The topological polar surface area (TPSA) is 32.3 Å². The van der Waals surface area contributed by atoms with E-state index in [0.717, 1.165) is 12.1 Å². The lowest BCUT2D eigenvalue weighted by molar-refractivity contribution is 0.0954. The predicted octanol–water partition coefficient (Wildman–Crippen LogP) is 4.03. The second-order valence-corrected chi connectivity index (χ2v) is 6.03. The van der Waals surface area contributed by atoms with Gasteiger partial charge < -0.3 is 10.2 Å². The molecule has 22 heavy (non-hydrogen) atoms. The molecule has 5 heteroatoms. The van der Waals surface area contributed by atoms with E-state index in [4.69, 9.17) is 23.2 Å². The highest BCUT2D eigenvalue weighted by molar-refractivity contribution is 6.35. The van der Waals surface area contributed by atoms with Gasteiger partial charge in [-0.1, -0.05) is 35.3 Å². The molecule has 0 bridgehead atoms. The summed E-state index contributed by atoms with van der Waals surface area (Å²) in [5.74, 6) is -0.211. The lowest BCUT2D eigenvalue weighted by atomic mass is 10.1. The Kier molecular flexibility index (Phi) is 5.69. The average Bonchev–Trinajstić information content (AvgIpc) is 2.50. The summed E-state index contributed by atoms with van der Waals surface area (Å²) >= 11 is 11.9. The number of hydrogen-bond donors (Lipinski definition) is 1. The first-order chi connectivity index (χ1) is 10.5. The molecule has 1 N–H and O–H groups in total. The highest BCUT2D eigenvalue weighted by Gasteiger charge is 2.10. The van der Waals surface area contributed by atoms with E-state index in [0.29, 0.717) is 22.2 Å². The van der Waals surface area contributed by atoms with Crippen molar-refractivity contribution in [2.24, 2.45) is 0 Å². The Hall–Kier alpha value is -1.71. The summed E-state index contributed by atoms with van der Waals surface area (Å²) in [6, 6.07) is 13.1. The van der Waals surface area contributed by atoms with Gasteiger partial charge in [0.2, 0.25) is 0 Å². The molecule has 0 saturated carbocycles. The van der Waals surface area contributed by atoms with Crippen LogP contribution in [-0.4, -0.2) is 26.5 Å². The standard InChI is InChI=1S/C17H18Cl2N2O/c1-21(2)14-6-3-12(4-7-14)9-10-20-17(22)15-11-13(18)5-8-16(15)19/h3-8,11H,9-10H2,1-2H3,(H,20,22). The van der Waals surface area contributed by atoms with E-state index in [-0.39, 0.29) is 5.91 Å². The smallest absolute Gasteiger partial charge is 0.252 e. The molecule has 2 aromatic rings. The number of carbonyl (C=O) groups excluding carboxylic acids is 1. The molecule has 0 radical (unpaired) electrons. The molecule has 0 aliphatic rings. The van der Waals surface area contributed by atoms with E-state index < -0.39 is 0 Å². The molecule has 2 aromatic carbocycles. The van der Waals surface area contributed by atoms with Crippen molar-refractivity contribution in [3.63, 3.8) is 0 Å². The summed E-state index contributed by atoms with van der Waals surface area (Å²) in [7, 11) is 4.01. The van der Waals surface area contributed by atoms with Gasteiger partial charge in [-0.2, -0.15) is 0 Å². The summed E-state index contributed by atoms with van der Waals surface area (Å²) in [4.78, 5) is 14.1. The van der Waals surface area contributed by atoms with Gasteiger partial charge in [-0.15, -0.1) is 0 Å². The van der Waals surface area contributed by atoms with Gasteiger partial charge in [0.15, 0.2) is 0 Å². The van der Waals surface area contributed by atoms with Crippen molar-refractivity contribution in [2.75, 3.05) is 25.5 Å². The SMILES string of the molecule is CN(C)c1ccc(CCNC(=O)c2cc(Cl)ccc2Cl)cc1. The number of nitrogens with zero attached hydrogens (tertiary/aromatic N) is 1. The lowest BCUT2D eigenvalue weighted by Crippen LogP contribution is -2.26. The minimum absolute atomic E-state index is 0.211. The number of hydrogen-bond acceptors (Lipinski definition) is 2. The van der Waals surface area contributed by atoms with Crippen molar-refractivity contribution in [3.05, 3.63) is 63.6 Å². The Balaban J connectivity index is 1.90. The second-order valence-electron chi connectivity index (χ2n) is 5.19. The second kappa shape index (κ2) is 7.52. The summed E-state index contributed by atoms with van der Waals surface area (Å²) < 4.78 is 0. The molecule has 0 unspecified atom stereocenters. The van der Waals surface area contributed by atoms with Crippen LogP contribution in [0.1, 0.15) is 15.9 Å². The Bertz CT molecular complexity index is 654. The van der Waals surface area contributed by atoms with E-state index in [2.05, 4.69) is 29.6 Å².